The van der Waals surface area contributed by atoms with E-state index in [1.807, 2.05) is 0 Å². The molecule has 2 aliphatic rings. The molecule has 0 unspecified atom stereocenters. The average Bonchev–Trinajstić information content (AvgIpc) is 3.23. The third-order valence-electron chi connectivity index (χ3n) is 7.61. The summed E-state index contributed by atoms with van der Waals surface area (Å²) >= 11 is 0. The molecule has 2 fully saturated rings. The summed E-state index contributed by atoms with van der Waals surface area (Å²) in [4.78, 5) is 30.0. The number of nitrogens with zero attached hydrogens (tertiary/aromatic N) is 4. The minimum Gasteiger partial charge on any atom is -0.393 e. The number of aliphatic hydroxyl groups excluding tert-OH is 1. The van der Waals surface area contributed by atoms with Crippen molar-refractivity contribution in [2.24, 2.45) is 11.8 Å². The fourth-order valence-corrected chi connectivity index (χ4v) is 4.62. The first-order valence-corrected chi connectivity index (χ1v) is 12.1. The SMILES string of the molecule is CC[C@@]1(CF)O[C@@H](n2ccc(N)nc2=O)C(F)(F)[C@@H]1C.C[C@H]1C(F)(F)[C@H](n2ccc(N)nc2=O)O[C@@]1(CO)CF. The summed E-state index contributed by atoms with van der Waals surface area (Å²) in [5.74, 6) is -10.1. The monoisotopic (exact) mass is 584 g/mol. The lowest BCUT2D eigenvalue weighted by Crippen LogP contribution is -2.44. The second-order valence-corrected chi connectivity index (χ2v) is 9.73. The van der Waals surface area contributed by atoms with E-state index < -0.39 is 78.7 Å². The molecule has 11 nitrogen and oxygen atoms in total. The molecule has 6 atom stereocenters. The van der Waals surface area contributed by atoms with Crippen molar-refractivity contribution >= 4 is 11.6 Å². The molecule has 2 aromatic heterocycles. The Labute approximate surface area is 223 Å². The number of halogens is 6. The number of anilines is 2. The van der Waals surface area contributed by atoms with Crippen LogP contribution in [0.3, 0.4) is 0 Å². The van der Waals surface area contributed by atoms with Gasteiger partial charge in [-0.15, -0.1) is 0 Å². The lowest BCUT2D eigenvalue weighted by molar-refractivity contribution is -0.148. The Morgan fingerprint density at radius 2 is 1.23 bits per heavy atom. The van der Waals surface area contributed by atoms with Crippen LogP contribution < -0.4 is 22.8 Å². The fourth-order valence-electron chi connectivity index (χ4n) is 4.62. The van der Waals surface area contributed by atoms with Gasteiger partial charge >= 0.3 is 11.4 Å². The van der Waals surface area contributed by atoms with E-state index >= 15 is 0 Å². The van der Waals surface area contributed by atoms with Crippen LogP contribution in [0.25, 0.3) is 0 Å². The molecule has 17 heteroatoms. The lowest BCUT2D eigenvalue weighted by Gasteiger charge is -2.28. The number of hydrogen-bond donors (Lipinski definition) is 3. The Balaban J connectivity index is 0.000000220. The van der Waals surface area contributed by atoms with Gasteiger partial charge in [0.15, 0.2) is 0 Å². The molecule has 0 spiro atoms. The Morgan fingerprint density at radius 3 is 1.50 bits per heavy atom. The van der Waals surface area contributed by atoms with Crippen molar-refractivity contribution in [3.05, 3.63) is 45.5 Å². The Kier molecular flexibility index (Phi) is 8.62. The van der Waals surface area contributed by atoms with Gasteiger partial charge in [0.2, 0.25) is 12.5 Å². The number of nitrogen functional groups attached to an aromatic ring is 2. The largest absolute Gasteiger partial charge is 0.393 e. The lowest BCUT2D eigenvalue weighted by atomic mass is 9.85. The van der Waals surface area contributed by atoms with Gasteiger partial charge in [0.1, 0.15) is 36.2 Å². The third kappa shape index (κ3) is 5.05. The molecule has 0 bridgehead atoms. The van der Waals surface area contributed by atoms with Crippen molar-refractivity contribution in [3.8, 4) is 0 Å². The normalized spacial score (nSPS) is 32.5. The van der Waals surface area contributed by atoms with E-state index in [0.29, 0.717) is 9.13 Å². The molecule has 0 radical (unpaired) electrons. The third-order valence-corrected chi connectivity index (χ3v) is 7.61. The highest BCUT2D eigenvalue weighted by Crippen LogP contribution is 2.53. The summed E-state index contributed by atoms with van der Waals surface area (Å²) in [7, 11) is 0. The molecule has 2 saturated heterocycles. The Bertz CT molecular complexity index is 1220. The number of aromatic nitrogens is 4. The van der Waals surface area contributed by atoms with Crippen LogP contribution in [0, 0.1) is 11.8 Å². The van der Waals surface area contributed by atoms with Crippen LogP contribution in [0.4, 0.5) is 38.0 Å². The smallest absolute Gasteiger partial charge is 0.351 e. The van der Waals surface area contributed by atoms with Gasteiger partial charge in [0.05, 0.1) is 18.4 Å². The zero-order valence-electron chi connectivity index (χ0n) is 21.7. The predicted molar refractivity (Wildman–Crippen MR) is 129 cm³/mol. The summed E-state index contributed by atoms with van der Waals surface area (Å²) < 4.78 is 94.8. The van der Waals surface area contributed by atoms with Crippen LogP contribution >= 0.6 is 0 Å². The number of aliphatic hydroxyl groups is 1. The molecule has 0 aromatic carbocycles. The standard InChI is InChI=1S/C12H16F3N3O2.C11H14F3N3O3/c1-3-11(6-13)7(2)12(14,15)9(20-11)18-5-4-8(16)17-10(18)19;1-6-10(4-12,5-18)20-8(11(6,13)14)17-3-2-7(15)16-9(17)19/h4-5,7,9H,3,6H2,1-2H3,(H2,16,17,19);2-3,6,8,18H,4-5H2,1H3,(H2,15,16,19)/t7-,9-,11+;6-,8-,10-/m11/s1. The van der Waals surface area contributed by atoms with Crippen molar-refractivity contribution in [3.63, 3.8) is 0 Å². The van der Waals surface area contributed by atoms with Crippen molar-refractivity contribution in [1.29, 1.82) is 0 Å². The van der Waals surface area contributed by atoms with Crippen LogP contribution in [0.5, 0.6) is 0 Å². The van der Waals surface area contributed by atoms with Crippen LogP contribution in [-0.2, 0) is 9.47 Å². The molecule has 2 aromatic rings. The van der Waals surface area contributed by atoms with E-state index in [-0.39, 0.29) is 18.1 Å². The van der Waals surface area contributed by atoms with Gasteiger partial charge in [-0.1, -0.05) is 20.8 Å². The maximum absolute atomic E-state index is 14.3. The second kappa shape index (κ2) is 11.0. The predicted octanol–water partition coefficient (Wildman–Crippen LogP) is 2.07. The highest BCUT2D eigenvalue weighted by molar-refractivity contribution is 5.24. The molecule has 2 aliphatic heterocycles. The van der Waals surface area contributed by atoms with Crippen molar-refractivity contribution in [2.45, 2.75) is 62.7 Å². The first kappa shape index (κ1) is 31.3. The van der Waals surface area contributed by atoms with Crippen molar-refractivity contribution < 1.29 is 40.9 Å². The van der Waals surface area contributed by atoms with E-state index in [1.54, 1.807) is 6.92 Å². The fraction of sp³-hybridized carbons (Fsp3) is 0.652. The van der Waals surface area contributed by atoms with Gasteiger partial charge in [0, 0.05) is 12.4 Å². The van der Waals surface area contributed by atoms with Gasteiger partial charge in [0.25, 0.3) is 11.8 Å². The molecular weight excluding hydrogens is 554 g/mol. The first-order chi connectivity index (χ1) is 18.6. The van der Waals surface area contributed by atoms with Gasteiger partial charge in [-0.3, -0.25) is 9.13 Å². The topological polar surface area (TPSA) is 161 Å². The number of ether oxygens (including phenoxy) is 2. The van der Waals surface area contributed by atoms with Crippen LogP contribution in [0.1, 0.15) is 39.6 Å². The second-order valence-electron chi connectivity index (χ2n) is 9.73. The summed E-state index contributed by atoms with van der Waals surface area (Å²) in [5.41, 5.74) is 4.95. The van der Waals surface area contributed by atoms with Crippen LogP contribution in [0.15, 0.2) is 34.1 Å². The molecule has 40 heavy (non-hydrogen) atoms. The molecule has 4 rings (SSSR count). The summed E-state index contributed by atoms with van der Waals surface area (Å²) in [6.45, 7) is 0.582. The van der Waals surface area contributed by atoms with Gasteiger partial charge < -0.3 is 26.0 Å². The number of alkyl halides is 6. The van der Waals surface area contributed by atoms with E-state index in [2.05, 4.69) is 9.97 Å². The van der Waals surface area contributed by atoms with Gasteiger partial charge in [-0.2, -0.15) is 9.97 Å². The molecule has 0 amide bonds. The zero-order chi connectivity index (χ0) is 30.3. The summed E-state index contributed by atoms with van der Waals surface area (Å²) in [5, 5.41) is 9.18. The van der Waals surface area contributed by atoms with Gasteiger partial charge in [-0.25, -0.2) is 35.9 Å². The molecule has 0 aliphatic carbocycles. The van der Waals surface area contributed by atoms with Crippen LogP contribution in [-0.4, -0.2) is 67.2 Å². The Hall–Kier alpha value is -3.18. The minimum atomic E-state index is -3.55. The maximum atomic E-state index is 14.3. The maximum Gasteiger partial charge on any atom is 0.351 e. The summed E-state index contributed by atoms with van der Waals surface area (Å²) in [6.07, 6.45) is -1.76. The van der Waals surface area contributed by atoms with E-state index in [9.17, 15) is 41.0 Å². The quantitative estimate of drug-likeness (QED) is 0.432. The molecule has 224 valence electrons. The van der Waals surface area contributed by atoms with E-state index in [4.69, 9.17) is 20.9 Å². The Morgan fingerprint density at radius 1 is 0.850 bits per heavy atom. The highest BCUT2D eigenvalue weighted by atomic mass is 19.3. The first-order valence-electron chi connectivity index (χ1n) is 12.1. The number of hydrogen-bond acceptors (Lipinski definition) is 9. The average molecular weight is 585 g/mol. The molecule has 4 heterocycles. The molecular formula is C23H30F6N6O5. The van der Waals surface area contributed by atoms with Crippen LogP contribution in [0.2, 0.25) is 0 Å². The van der Waals surface area contributed by atoms with Crippen molar-refractivity contribution in [1.82, 2.24) is 19.1 Å². The summed E-state index contributed by atoms with van der Waals surface area (Å²) in [6, 6.07) is 2.37. The molecule has 5 N–H and O–H groups in total. The zero-order valence-corrected chi connectivity index (χ0v) is 21.7. The van der Waals surface area contributed by atoms with Crippen molar-refractivity contribution in [2.75, 3.05) is 31.4 Å². The number of nitrogens with two attached hydrogens (primary N) is 2. The van der Waals surface area contributed by atoms with E-state index in [1.165, 1.54) is 13.0 Å². The highest BCUT2D eigenvalue weighted by Gasteiger charge is 2.65. The number of rotatable bonds is 6. The van der Waals surface area contributed by atoms with Gasteiger partial charge in [-0.05, 0) is 18.6 Å². The minimum absolute atomic E-state index is 0.0761. The molecule has 0 saturated carbocycles. The van der Waals surface area contributed by atoms with E-state index in [0.717, 1.165) is 25.4 Å².